The summed E-state index contributed by atoms with van der Waals surface area (Å²) in [5.41, 5.74) is 9.56. The fourth-order valence-electron chi connectivity index (χ4n) is 7.67. The third kappa shape index (κ3) is 5.54. The summed E-state index contributed by atoms with van der Waals surface area (Å²) in [5, 5.41) is 4.47. The Morgan fingerprint density at radius 3 is 1.79 bits per heavy atom. The molecule has 0 N–H and O–H groups in total. The second-order valence-electron chi connectivity index (χ2n) is 13.8. The standard InChI is InChI=1S/C50H30N4OS/c1-3-13-31(14-4-1)34-18-9-20-36(29-34)47-52-48(37-21-10-19-35(30-37)38-23-12-24-40-39-22-7-8-26-43(39)56-46(38)40)54-49(53-47)41-25-11-17-32-27-28-42-45(44(32)41)55-50(51-42)33-15-5-2-6-16-33/h1-30H. The zero-order valence-corrected chi connectivity index (χ0v) is 30.7. The van der Waals surface area contributed by atoms with Crippen molar-refractivity contribution in [2.75, 3.05) is 0 Å². The molecule has 5 nitrogen and oxygen atoms in total. The zero-order valence-electron chi connectivity index (χ0n) is 29.9. The molecular formula is C50H30N4OS. The first-order valence-electron chi connectivity index (χ1n) is 18.5. The molecule has 3 heterocycles. The monoisotopic (exact) mass is 734 g/mol. The minimum atomic E-state index is 0.558. The van der Waals surface area contributed by atoms with Crippen molar-refractivity contribution in [2.45, 2.75) is 0 Å². The predicted molar refractivity (Wildman–Crippen MR) is 230 cm³/mol. The van der Waals surface area contributed by atoms with Crippen LogP contribution in [0.4, 0.5) is 0 Å². The van der Waals surface area contributed by atoms with Gasteiger partial charge in [-0.25, -0.2) is 19.9 Å². The number of hydrogen-bond donors (Lipinski definition) is 0. The van der Waals surface area contributed by atoms with Crippen LogP contribution in [0.2, 0.25) is 0 Å². The molecule has 3 aromatic heterocycles. The van der Waals surface area contributed by atoms with Crippen molar-refractivity contribution in [3.63, 3.8) is 0 Å². The molecular weight excluding hydrogens is 705 g/mol. The molecule has 6 heteroatoms. The van der Waals surface area contributed by atoms with Crippen LogP contribution in [0.5, 0.6) is 0 Å². The lowest BCUT2D eigenvalue weighted by atomic mass is 10.00. The van der Waals surface area contributed by atoms with Gasteiger partial charge in [0.15, 0.2) is 23.1 Å². The Kier molecular flexibility index (Phi) is 7.60. The Bertz CT molecular complexity index is 3260. The summed E-state index contributed by atoms with van der Waals surface area (Å²) in [6.45, 7) is 0. The quantitative estimate of drug-likeness (QED) is 0.170. The molecule has 0 spiro atoms. The Morgan fingerprint density at radius 1 is 0.393 bits per heavy atom. The summed E-state index contributed by atoms with van der Waals surface area (Å²) in [6.07, 6.45) is 0. The number of aromatic nitrogens is 4. The maximum atomic E-state index is 6.56. The lowest BCUT2D eigenvalue weighted by molar-refractivity contribution is 0.623. The molecule has 0 aliphatic heterocycles. The van der Waals surface area contributed by atoms with Crippen molar-refractivity contribution in [1.29, 1.82) is 0 Å². The summed E-state index contributed by atoms with van der Waals surface area (Å²) < 4.78 is 9.11. The fourth-order valence-corrected chi connectivity index (χ4v) is 8.91. The molecule has 0 saturated heterocycles. The van der Waals surface area contributed by atoms with Gasteiger partial charge in [-0.05, 0) is 64.0 Å². The molecule has 0 unspecified atom stereocenters. The van der Waals surface area contributed by atoms with Gasteiger partial charge >= 0.3 is 0 Å². The molecule has 0 radical (unpaired) electrons. The third-order valence-corrected chi connectivity index (χ3v) is 11.6. The van der Waals surface area contributed by atoms with Crippen LogP contribution in [0, 0.1) is 0 Å². The van der Waals surface area contributed by atoms with E-state index in [0.29, 0.717) is 28.9 Å². The van der Waals surface area contributed by atoms with Gasteiger partial charge in [0, 0.05) is 47.8 Å². The number of nitrogens with zero attached hydrogens (tertiary/aromatic N) is 4. The van der Waals surface area contributed by atoms with E-state index in [4.69, 9.17) is 24.4 Å². The van der Waals surface area contributed by atoms with Gasteiger partial charge in [0.25, 0.3) is 0 Å². The van der Waals surface area contributed by atoms with E-state index in [9.17, 15) is 0 Å². The molecule has 11 rings (SSSR count). The SMILES string of the molecule is c1ccc(-c2cccc(-c3nc(-c4cccc(-c5cccc6c5sc5ccccc56)c4)nc(-c4cccc5ccc6nc(-c7ccccc7)oc6c45)n3)c2)cc1. The van der Waals surface area contributed by atoms with Gasteiger partial charge in [0.1, 0.15) is 5.52 Å². The van der Waals surface area contributed by atoms with E-state index in [0.717, 1.165) is 55.2 Å². The summed E-state index contributed by atoms with van der Waals surface area (Å²) in [5.74, 6) is 2.31. The summed E-state index contributed by atoms with van der Waals surface area (Å²) in [7, 11) is 0. The summed E-state index contributed by atoms with van der Waals surface area (Å²) >= 11 is 1.83. The van der Waals surface area contributed by atoms with Crippen molar-refractivity contribution in [3.05, 3.63) is 182 Å². The van der Waals surface area contributed by atoms with Gasteiger partial charge in [0.2, 0.25) is 5.89 Å². The highest BCUT2D eigenvalue weighted by molar-refractivity contribution is 7.26. The number of thiophene rings is 1. The minimum absolute atomic E-state index is 0.558. The van der Waals surface area contributed by atoms with Gasteiger partial charge < -0.3 is 4.42 Å². The second-order valence-corrected chi connectivity index (χ2v) is 14.9. The van der Waals surface area contributed by atoms with E-state index in [1.807, 2.05) is 59.9 Å². The van der Waals surface area contributed by atoms with Crippen LogP contribution < -0.4 is 0 Å². The molecule has 0 atom stereocenters. The Balaban J connectivity index is 1.12. The molecule has 0 saturated carbocycles. The van der Waals surface area contributed by atoms with Crippen LogP contribution in [0.3, 0.4) is 0 Å². The maximum Gasteiger partial charge on any atom is 0.227 e. The number of fused-ring (bicyclic) bond motifs is 6. The molecule has 0 amide bonds. The number of benzene rings is 8. The van der Waals surface area contributed by atoms with E-state index in [2.05, 4.69) is 133 Å². The number of oxazole rings is 1. The van der Waals surface area contributed by atoms with Crippen LogP contribution in [0.15, 0.2) is 186 Å². The molecule has 0 bridgehead atoms. The van der Waals surface area contributed by atoms with E-state index in [1.54, 1.807) is 0 Å². The average Bonchev–Trinajstić information content (AvgIpc) is 3.89. The molecule has 8 aromatic carbocycles. The lowest BCUT2D eigenvalue weighted by Crippen LogP contribution is -2.01. The highest BCUT2D eigenvalue weighted by Crippen LogP contribution is 2.41. The second kappa shape index (κ2) is 13.2. The van der Waals surface area contributed by atoms with Crippen LogP contribution in [-0.2, 0) is 0 Å². The zero-order chi connectivity index (χ0) is 37.0. The van der Waals surface area contributed by atoms with E-state index >= 15 is 0 Å². The van der Waals surface area contributed by atoms with Gasteiger partial charge in [0.05, 0.1) is 0 Å². The first kappa shape index (κ1) is 32.2. The van der Waals surface area contributed by atoms with E-state index in [-0.39, 0.29) is 0 Å². The predicted octanol–water partition coefficient (Wildman–Crippen LogP) is 13.5. The van der Waals surface area contributed by atoms with Crippen molar-refractivity contribution in [3.8, 4) is 67.9 Å². The average molecular weight is 735 g/mol. The molecule has 262 valence electrons. The minimum Gasteiger partial charge on any atom is -0.435 e. The van der Waals surface area contributed by atoms with Crippen molar-refractivity contribution >= 4 is 53.4 Å². The first-order valence-corrected chi connectivity index (χ1v) is 19.4. The van der Waals surface area contributed by atoms with Gasteiger partial charge in [-0.3, -0.25) is 0 Å². The third-order valence-electron chi connectivity index (χ3n) is 10.4. The van der Waals surface area contributed by atoms with Gasteiger partial charge in [-0.15, -0.1) is 11.3 Å². The number of hydrogen-bond acceptors (Lipinski definition) is 6. The highest BCUT2D eigenvalue weighted by Gasteiger charge is 2.20. The number of rotatable bonds is 6. The van der Waals surface area contributed by atoms with Crippen molar-refractivity contribution in [1.82, 2.24) is 19.9 Å². The van der Waals surface area contributed by atoms with Crippen LogP contribution in [0.25, 0.3) is 110 Å². The Hall–Kier alpha value is -7.28. The Labute approximate surface area is 326 Å². The normalized spacial score (nSPS) is 11.6. The van der Waals surface area contributed by atoms with Gasteiger partial charge in [-0.1, -0.05) is 146 Å². The van der Waals surface area contributed by atoms with Crippen LogP contribution in [0.1, 0.15) is 0 Å². The smallest absolute Gasteiger partial charge is 0.227 e. The van der Waals surface area contributed by atoms with Crippen molar-refractivity contribution in [2.24, 2.45) is 0 Å². The lowest BCUT2D eigenvalue weighted by Gasteiger charge is -2.12. The molecule has 56 heavy (non-hydrogen) atoms. The Morgan fingerprint density at radius 2 is 0.982 bits per heavy atom. The van der Waals surface area contributed by atoms with E-state index < -0.39 is 0 Å². The molecule has 0 fully saturated rings. The molecule has 0 aliphatic rings. The topological polar surface area (TPSA) is 64.7 Å². The molecule has 11 aromatic rings. The largest absolute Gasteiger partial charge is 0.435 e. The fraction of sp³-hybridized carbons (Fsp3) is 0. The highest BCUT2D eigenvalue weighted by atomic mass is 32.1. The van der Waals surface area contributed by atoms with E-state index in [1.165, 1.54) is 25.7 Å². The van der Waals surface area contributed by atoms with Crippen LogP contribution in [-0.4, -0.2) is 19.9 Å². The van der Waals surface area contributed by atoms with Crippen LogP contribution >= 0.6 is 11.3 Å². The van der Waals surface area contributed by atoms with Crippen molar-refractivity contribution < 1.29 is 4.42 Å². The summed E-state index contributed by atoms with van der Waals surface area (Å²) in [4.78, 5) is 20.6. The summed E-state index contributed by atoms with van der Waals surface area (Å²) in [6, 6.07) is 62.8. The van der Waals surface area contributed by atoms with Gasteiger partial charge in [-0.2, -0.15) is 0 Å². The molecule has 0 aliphatic carbocycles. The maximum absolute atomic E-state index is 6.56. The first-order chi connectivity index (χ1) is 27.7.